The minimum absolute atomic E-state index is 0.0822. The highest BCUT2D eigenvalue weighted by Crippen LogP contribution is 2.44. The zero-order valence-corrected chi connectivity index (χ0v) is 11.9. The second-order valence-electron chi connectivity index (χ2n) is 5.01. The molecule has 1 aliphatic rings. The first-order valence-corrected chi connectivity index (χ1v) is 6.71. The number of nitrogens with one attached hydrogen (secondary N) is 1. The van der Waals surface area contributed by atoms with Crippen molar-refractivity contribution in [1.82, 2.24) is 5.32 Å². The van der Waals surface area contributed by atoms with Gasteiger partial charge in [-0.25, -0.2) is 0 Å². The lowest BCUT2D eigenvalue weighted by molar-refractivity contribution is 0.0934. The molecule has 4 nitrogen and oxygen atoms in total. The van der Waals surface area contributed by atoms with Gasteiger partial charge in [0.2, 0.25) is 0 Å². The van der Waals surface area contributed by atoms with Crippen LogP contribution in [-0.4, -0.2) is 24.2 Å². The van der Waals surface area contributed by atoms with Gasteiger partial charge in [0.1, 0.15) is 0 Å². The minimum atomic E-state index is -0.139. The average Bonchev–Trinajstić information content (AvgIpc) is 3.11. The predicted octanol–water partition coefficient (Wildman–Crippen LogP) is 1.84. The van der Waals surface area contributed by atoms with Gasteiger partial charge in [0, 0.05) is 27.7 Å². The van der Waals surface area contributed by atoms with Crippen molar-refractivity contribution in [3.05, 3.63) is 27.7 Å². The smallest absolute Gasteiger partial charge is 0.251 e. The number of hydrogen-bond donors (Lipinski definition) is 3. The van der Waals surface area contributed by atoms with E-state index in [1.807, 2.05) is 6.92 Å². The highest BCUT2D eigenvalue weighted by atomic mass is 79.9. The van der Waals surface area contributed by atoms with Crippen LogP contribution in [0.2, 0.25) is 0 Å². The fraction of sp³-hybridized carbons (Fsp3) is 0.462. The van der Waals surface area contributed by atoms with Crippen LogP contribution in [0, 0.1) is 12.3 Å². The second kappa shape index (κ2) is 4.90. The molecule has 4 N–H and O–H groups in total. The van der Waals surface area contributed by atoms with Crippen molar-refractivity contribution in [2.24, 2.45) is 5.41 Å². The zero-order chi connectivity index (χ0) is 13.3. The lowest BCUT2D eigenvalue weighted by Crippen LogP contribution is -2.32. The number of anilines is 1. The Balaban J connectivity index is 2.09. The number of aliphatic hydroxyl groups is 1. The van der Waals surface area contributed by atoms with Crippen LogP contribution in [0.1, 0.15) is 28.8 Å². The summed E-state index contributed by atoms with van der Waals surface area (Å²) >= 11 is 3.33. The Morgan fingerprint density at radius 1 is 1.56 bits per heavy atom. The standard InChI is InChI=1S/C13H17BrN2O2/c1-8-10(4-9(14)5-11(8)15)12(18)16-6-13(7-17)2-3-13/h4-5,17H,2-3,6-7,15H2,1H3,(H,16,18). The van der Waals surface area contributed by atoms with Gasteiger partial charge in [0.25, 0.3) is 5.91 Å². The van der Waals surface area contributed by atoms with E-state index in [0.29, 0.717) is 17.8 Å². The van der Waals surface area contributed by atoms with E-state index in [1.165, 1.54) is 0 Å². The van der Waals surface area contributed by atoms with Gasteiger partial charge in [-0.1, -0.05) is 15.9 Å². The van der Waals surface area contributed by atoms with E-state index in [-0.39, 0.29) is 17.9 Å². The Kier molecular flexibility index (Phi) is 3.64. The molecule has 5 heteroatoms. The third-order valence-corrected chi connectivity index (χ3v) is 4.03. The van der Waals surface area contributed by atoms with E-state index in [0.717, 1.165) is 22.9 Å². The van der Waals surface area contributed by atoms with E-state index in [9.17, 15) is 9.90 Å². The summed E-state index contributed by atoms with van der Waals surface area (Å²) in [6.07, 6.45) is 1.95. The van der Waals surface area contributed by atoms with Crippen molar-refractivity contribution in [2.75, 3.05) is 18.9 Å². The Hall–Kier alpha value is -1.07. The molecule has 18 heavy (non-hydrogen) atoms. The third-order valence-electron chi connectivity index (χ3n) is 3.57. The number of carbonyl (C=O) groups is 1. The summed E-state index contributed by atoms with van der Waals surface area (Å²) in [6, 6.07) is 3.54. The molecule has 1 amide bonds. The summed E-state index contributed by atoms with van der Waals surface area (Å²) in [7, 11) is 0. The van der Waals surface area contributed by atoms with Gasteiger partial charge in [0.05, 0.1) is 6.61 Å². The summed E-state index contributed by atoms with van der Waals surface area (Å²) in [6.45, 7) is 2.48. The molecule has 1 aromatic carbocycles. The van der Waals surface area contributed by atoms with Crippen LogP contribution in [0.15, 0.2) is 16.6 Å². The first kappa shape index (κ1) is 13.4. The SMILES string of the molecule is Cc1c(N)cc(Br)cc1C(=O)NCC1(CO)CC1. The molecule has 0 bridgehead atoms. The first-order valence-electron chi connectivity index (χ1n) is 5.92. The number of carbonyl (C=O) groups excluding carboxylic acids is 1. The first-order chi connectivity index (χ1) is 8.47. The maximum absolute atomic E-state index is 12.1. The number of amides is 1. The fourth-order valence-corrected chi connectivity index (χ4v) is 2.34. The summed E-state index contributed by atoms with van der Waals surface area (Å²) in [5.41, 5.74) is 7.70. The third kappa shape index (κ3) is 2.67. The molecule has 0 aliphatic heterocycles. The van der Waals surface area contributed by atoms with Crippen LogP contribution < -0.4 is 11.1 Å². The molecule has 1 aliphatic carbocycles. The quantitative estimate of drug-likeness (QED) is 0.743. The summed E-state index contributed by atoms with van der Waals surface area (Å²) < 4.78 is 0.791. The van der Waals surface area contributed by atoms with E-state index in [4.69, 9.17) is 5.73 Å². The Labute approximate surface area is 115 Å². The molecule has 2 rings (SSSR count). The molecule has 1 saturated carbocycles. The van der Waals surface area contributed by atoms with E-state index >= 15 is 0 Å². The number of nitrogen functional groups attached to an aromatic ring is 1. The van der Waals surface area contributed by atoms with Gasteiger partial charge in [0.15, 0.2) is 0 Å². The molecule has 1 fully saturated rings. The molecular weight excluding hydrogens is 296 g/mol. The molecule has 0 unspecified atom stereocenters. The van der Waals surface area contributed by atoms with Crippen molar-refractivity contribution in [1.29, 1.82) is 0 Å². The number of aliphatic hydroxyl groups excluding tert-OH is 1. The second-order valence-corrected chi connectivity index (χ2v) is 5.92. The minimum Gasteiger partial charge on any atom is -0.398 e. The van der Waals surface area contributed by atoms with Crippen molar-refractivity contribution in [3.63, 3.8) is 0 Å². The normalized spacial score (nSPS) is 16.4. The number of hydrogen-bond acceptors (Lipinski definition) is 3. The van der Waals surface area contributed by atoms with Crippen LogP contribution in [-0.2, 0) is 0 Å². The molecule has 0 atom stereocenters. The number of halogens is 1. The summed E-state index contributed by atoms with van der Waals surface area (Å²) in [5, 5.41) is 12.1. The average molecular weight is 313 g/mol. The largest absolute Gasteiger partial charge is 0.398 e. The van der Waals surface area contributed by atoms with Crippen LogP contribution in [0.25, 0.3) is 0 Å². The molecule has 1 aromatic rings. The Morgan fingerprint density at radius 2 is 2.22 bits per heavy atom. The lowest BCUT2D eigenvalue weighted by Gasteiger charge is -2.14. The molecular formula is C13H17BrN2O2. The monoisotopic (exact) mass is 312 g/mol. The van der Waals surface area contributed by atoms with Crippen molar-refractivity contribution in [2.45, 2.75) is 19.8 Å². The van der Waals surface area contributed by atoms with Gasteiger partial charge >= 0.3 is 0 Å². The summed E-state index contributed by atoms with van der Waals surface area (Å²) in [5.74, 6) is -0.139. The zero-order valence-electron chi connectivity index (χ0n) is 10.3. The molecule has 0 radical (unpaired) electrons. The maximum Gasteiger partial charge on any atom is 0.251 e. The van der Waals surface area contributed by atoms with Crippen LogP contribution in [0.3, 0.4) is 0 Å². The van der Waals surface area contributed by atoms with Gasteiger partial charge in [-0.2, -0.15) is 0 Å². The molecule has 98 valence electrons. The van der Waals surface area contributed by atoms with E-state index in [2.05, 4.69) is 21.2 Å². The fourth-order valence-electron chi connectivity index (χ4n) is 1.87. The lowest BCUT2D eigenvalue weighted by atomic mass is 10.1. The van der Waals surface area contributed by atoms with Gasteiger partial charge in [-0.15, -0.1) is 0 Å². The van der Waals surface area contributed by atoms with Gasteiger partial charge in [-0.3, -0.25) is 4.79 Å². The number of benzene rings is 1. The van der Waals surface area contributed by atoms with Crippen molar-refractivity contribution in [3.8, 4) is 0 Å². The number of rotatable bonds is 4. The van der Waals surface area contributed by atoms with Crippen LogP contribution >= 0.6 is 15.9 Å². The van der Waals surface area contributed by atoms with Crippen LogP contribution in [0.4, 0.5) is 5.69 Å². The van der Waals surface area contributed by atoms with Crippen molar-refractivity contribution < 1.29 is 9.90 Å². The van der Waals surface area contributed by atoms with Gasteiger partial charge < -0.3 is 16.2 Å². The summed E-state index contributed by atoms with van der Waals surface area (Å²) in [4.78, 5) is 12.1. The van der Waals surface area contributed by atoms with Crippen LogP contribution in [0.5, 0.6) is 0 Å². The maximum atomic E-state index is 12.1. The van der Waals surface area contributed by atoms with E-state index < -0.39 is 0 Å². The van der Waals surface area contributed by atoms with Crippen molar-refractivity contribution >= 4 is 27.5 Å². The molecule has 0 spiro atoms. The highest BCUT2D eigenvalue weighted by Gasteiger charge is 2.42. The predicted molar refractivity (Wildman–Crippen MR) is 74.4 cm³/mol. The van der Waals surface area contributed by atoms with E-state index in [1.54, 1.807) is 12.1 Å². The molecule has 0 heterocycles. The topological polar surface area (TPSA) is 75.4 Å². The Bertz CT molecular complexity index is 484. The Morgan fingerprint density at radius 3 is 2.78 bits per heavy atom. The highest BCUT2D eigenvalue weighted by molar-refractivity contribution is 9.10. The number of nitrogens with two attached hydrogens (primary N) is 1. The molecule has 0 saturated heterocycles. The van der Waals surface area contributed by atoms with Gasteiger partial charge in [-0.05, 0) is 37.5 Å². The molecule has 0 aromatic heterocycles.